The van der Waals surface area contributed by atoms with Crippen LogP contribution in [0.25, 0.3) is 0 Å². The van der Waals surface area contributed by atoms with E-state index in [1.165, 1.54) is 7.11 Å². The number of likely N-dealkylation sites (tertiary alicyclic amines) is 1. The second kappa shape index (κ2) is 5.15. The van der Waals surface area contributed by atoms with Crippen LogP contribution in [0.15, 0.2) is 24.3 Å². The average molecular weight is 275 g/mol. The van der Waals surface area contributed by atoms with Crippen molar-refractivity contribution in [1.82, 2.24) is 4.90 Å². The zero-order chi connectivity index (χ0) is 14.1. The molecule has 0 N–H and O–H groups in total. The van der Waals surface area contributed by atoms with Gasteiger partial charge in [0.2, 0.25) is 5.91 Å². The molecule has 0 radical (unpaired) electrons. The Morgan fingerprint density at radius 2 is 2.20 bits per heavy atom. The van der Waals surface area contributed by atoms with E-state index in [9.17, 15) is 9.59 Å². The number of carbonyl (C=O) groups excluding carboxylic acids is 2. The number of rotatable bonds is 2. The Kier molecular flexibility index (Phi) is 3.34. The molecule has 1 saturated heterocycles. The second-order valence-corrected chi connectivity index (χ2v) is 5.16. The third-order valence-corrected chi connectivity index (χ3v) is 4.00. The maximum atomic E-state index is 12.2. The van der Waals surface area contributed by atoms with E-state index in [0.29, 0.717) is 13.2 Å². The third-order valence-electron chi connectivity index (χ3n) is 4.00. The highest BCUT2D eigenvalue weighted by molar-refractivity contribution is 5.87. The van der Waals surface area contributed by atoms with Crippen LogP contribution in [-0.4, -0.2) is 37.0 Å². The van der Waals surface area contributed by atoms with Crippen LogP contribution in [0.2, 0.25) is 0 Å². The van der Waals surface area contributed by atoms with Crippen LogP contribution in [0.4, 0.5) is 0 Å². The molecule has 0 aromatic heterocycles. The van der Waals surface area contributed by atoms with Crippen LogP contribution in [-0.2, 0) is 14.3 Å². The Bertz CT molecular complexity index is 542. The molecule has 0 saturated carbocycles. The monoisotopic (exact) mass is 275 g/mol. The van der Waals surface area contributed by atoms with E-state index in [-0.39, 0.29) is 30.3 Å². The number of hydrogen-bond acceptors (Lipinski definition) is 4. The molecule has 2 atom stereocenters. The lowest BCUT2D eigenvalue weighted by Gasteiger charge is -2.33. The SMILES string of the molecule is COC(=O)C1CC(=O)N(C2CCOc3ccccc32)C1. The zero-order valence-corrected chi connectivity index (χ0v) is 11.4. The Morgan fingerprint density at radius 1 is 1.40 bits per heavy atom. The van der Waals surface area contributed by atoms with Gasteiger partial charge in [0.25, 0.3) is 0 Å². The molecule has 20 heavy (non-hydrogen) atoms. The minimum atomic E-state index is -0.345. The van der Waals surface area contributed by atoms with Gasteiger partial charge in [0, 0.05) is 24.9 Å². The van der Waals surface area contributed by atoms with Crippen LogP contribution < -0.4 is 4.74 Å². The van der Waals surface area contributed by atoms with Crippen LogP contribution in [0.3, 0.4) is 0 Å². The van der Waals surface area contributed by atoms with E-state index in [1.54, 1.807) is 4.90 Å². The number of carbonyl (C=O) groups is 2. The quantitative estimate of drug-likeness (QED) is 0.768. The summed E-state index contributed by atoms with van der Waals surface area (Å²) in [6.45, 7) is 1.03. The Morgan fingerprint density at radius 3 is 3.00 bits per heavy atom. The van der Waals surface area contributed by atoms with Gasteiger partial charge < -0.3 is 14.4 Å². The Balaban J connectivity index is 1.84. The van der Waals surface area contributed by atoms with Crippen molar-refractivity contribution in [2.75, 3.05) is 20.3 Å². The van der Waals surface area contributed by atoms with E-state index in [4.69, 9.17) is 9.47 Å². The highest BCUT2D eigenvalue weighted by Gasteiger charge is 2.40. The summed E-state index contributed by atoms with van der Waals surface area (Å²) in [5, 5.41) is 0. The molecule has 0 spiro atoms. The van der Waals surface area contributed by atoms with E-state index in [2.05, 4.69) is 0 Å². The lowest BCUT2D eigenvalue weighted by Crippen LogP contribution is -2.34. The molecule has 2 heterocycles. The smallest absolute Gasteiger partial charge is 0.310 e. The lowest BCUT2D eigenvalue weighted by molar-refractivity contribution is -0.145. The van der Waals surface area contributed by atoms with Gasteiger partial charge in [0.05, 0.1) is 25.7 Å². The van der Waals surface area contributed by atoms with Crippen molar-refractivity contribution in [3.8, 4) is 5.75 Å². The highest BCUT2D eigenvalue weighted by atomic mass is 16.5. The predicted octanol–water partition coefficient (Wildman–Crippen LogP) is 1.53. The molecule has 106 valence electrons. The summed E-state index contributed by atoms with van der Waals surface area (Å²) in [5.41, 5.74) is 1.03. The van der Waals surface area contributed by atoms with E-state index in [0.717, 1.165) is 17.7 Å². The lowest BCUT2D eigenvalue weighted by atomic mass is 9.99. The van der Waals surface area contributed by atoms with E-state index in [1.807, 2.05) is 24.3 Å². The van der Waals surface area contributed by atoms with Crippen LogP contribution in [0.1, 0.15) is 24.4 Å². The van der Waals surface area contributed by atoms with Gasteiger partial charge in [-0.2, -0.15) is 0 Å². The summed E-state index contributed by atoms with van der Waals surface area (Å²) in [6.07, 6.45) is 1.00. The van der Waals surface area contributed by atoms with Crippen LogP contribution >= 0.6 is 0 Å². The first-order valence-electron chi connectivity index (χ1n) is 6.79. The molecule has 2 unspecified atom stereocenters. The molecule has 2 aliphatic rings. The number of nitrogens with zero attached hydrogens (tertiary/aromatic N) is 1. The minimum absolute atomic E-state index is 0.00195. The van der Waals surface area contributed by atoms with Gasteiger partial charge in [-0.05, 0) is 6.07 Å². The fourth-order valence-corrected chi connectivity index (χ4v) is 3.00. The van der Waals surface area contributed by atoms with Crippen molar-refractivity contribution >= 4 is 11.9 Å². The zero-order valence-electron chi connectivity index (χ0n) is 11.4. The van der Waals surface area contributed by atoms with Gasteiger partial charge in [0.1, 0.15) is 5.75 Å². The molecule has 1 fully saturated rings. The first-order chi connectivity index (χ1) is 9.70. The van der Waals surface area contributed by atoms with Gasteiger partial charge in [-0.1, -0.05) is 18.2 Å². The fraction of sp³-hybridized carbons (Fsp3) is 0.467. The van der Waals surface area contributed by atoms with Crippen molar-refractivity contribution in [3.63, 3.8) is 0 Å². The summed E-state index contributed by atoms with van der Waals surface area (Å²) in [5.74, 6) is 0.198. The molecule has 3 rings (SSSR count). The summed E-state index contributed by atoms with van der Waals surface area (Å²) >= 11 is 0. The maximum absolute atomic E-state index is 12.2. The molecule has 5 heteroatoms. The molecule has 5 nitrogen and oxygen atoms in total. The van der Waals surface area contributed by atoms with Crippen molar-refractivity contribution in [1.29, 1.82) is 0 Å². The van der Waals surface area contributed by atoms with Crippen LogP contribution in [0.5, 0.6) is 5.75 Å². The van der Waals surface area contributed by atoms with Gasteiger partial charge in [-0.15, -0.1) is 0 Å². The number of hydrogen-bond donors (Lipinski definition) is 0. The van der Waals surface area contributed by atoms with Crippen molar-refractivity contribution in [2.24, 2.45) is 5.92 Å². The van der Waals surface area contributed by atoms with Gasteiger partial charge in [-0.3, -0.25) is 9.59 Å². The summed E-state index contributed by atoms with van der Waals surface area (Å²) in [7, 11) is 1.36. The highest BCUT2D eigenvalue weighted by Crippen LogP contribution is 2.38. The molecular formula is C15H17NO4. The summed E-state index contributed by atoms with van der Waals surface area (Å²) in [6, 6.07) is 7.77. The minimum Gasteiger partial charge on any atom is -0.493 e. The maximum Gasteiger partial charge on any atom is 0.310 e. The number of methoxy groups -OCH3 is 1. The molecule has 1 aromatic rings. The molecular weight excluding hydrogens is 258 g/mol. The number of benzene rings is 1. The first kappa shape index (κ1) is 13.0. The molecule has 0 aliphatic carbocycles. The second-order valence-electron chi connectivity index (χ2n) is 5.16. The number of ether oxygens (including phenoxy) is 2. The summed E-state index contributed by atoms with van der Waals surface area (Å²) < 4.78 is 10.4. The number of esters is 1. The first-order valence-corrected chi connectivity index (χ1v) is 6.79. The Labute approximate surface area is 117 Å². The molecule has 0 bridgehead atoms. The largest absolute Gasteiger partial charge is 0.493 e. The van der Waals surface area contributed by atoms with E-state index < -0.39 is 0 Å². The van der Waals surface area contributed by atoms with Gasteiger partial charge in [-0.25, -0.2) is 0 Å². The standard InChI is InChI=1S/C15H17NO4/c1-19-15(18)10-8-14(17)16(9-10)12-6-7-20-13-5-3-2-4-11(12)13/h2-5,10,12H,6-9H2,1H3. The number of fused-ring (bicyclic) bond motifs is 1. The topological polar surface area (TPSA) is 55.8 Å². The summed E-state index contributed by atoms with van der Waals surface area (Å²) in [4.78, 5) is 25.6. The normalized spacial score (nSPS) is 25.1. The molecule has 2 aliphatic heterocycles. The van der Waals surface area contributed by atoms with Crippen molar-refractivity contribution in [3.05, 3.63) is 29.8 Å². The average Bonchev–Trinajstić information content (AvgIpc) is 2.87. The van der Waals surface area contributed by atoms with Gasteiger partial charge in [0.15, 0.2) is 0 Å². The fourth-order valence-electron chi connectivity index (χ4n) is 3.00. The van der Waals surface area contributed by atoms with E-state index >= 15 is 0 Å². The van der Waals surface area contributed by atoms with Crippen LogP contribution in [0, 0.1) is 5.92 Å². The van der Waals surface area contributed by atoms with Crippen molar-refractivity contribution in [2.45, 2.75) is 18.9 Å². The molecule has 1 aromatic carbocycles. The van der Waals surface area contributed by atoms with Gasteiger partial charge >= 0.3 is 5.97 Å². The third kappa shape index (κ3) is 2.13. The molecule has 1 amide bonds. The number of para-hydroxylation sites is 1. The predicted molar refractivity (Wildman–Crippen MR) is 71.1 cm³/mol. The Hall–Kier alpha value is -2.04. The van der Waals surface area contributed by atoms with Crippen molar-refractivity contribution < 1.29 is 19.1 Å². The number of amides is 1.